The lowest BCUT2D eigenvalue weighted by atomic mass is 9.85. The van der Waals surface area contributed by atoms with Crippen molar-refractivity contribution in [3.63, 3.8) is 0 Å². The Hall–Kier alpha value is -0.900. The summed E-state index contributed by atoms with van der Waals surface area (Å²) in [6, 6.07) is 6.10. The lowest BCUT2D eigenvalue weighted by molar-refractivity contribution is -0.0442. The summed E-state index contributed by atoms with van der Waals surface area (Å²) in [5, 5.41) is 9.31. The van der Waals surface area contributed by atoms with Crippen molar-refractivity contribution in [3.8, 4) is 0 Å². The quantitative estimate of drug-likeness (QED) is 0.857. The smallest absolute Gasteiger partial charge is 0.184 e. The first kappa shape index (κ1) is 12.6. The van der Waals surface area contributed by atoms with Crippen LogP contribution >= 0.6 is 0 Å². The lowest BCUT2D eigenvalue weighted by Crippen LogP contribution is -2.13. The number of benzene rings is 1. The molecule has 0 aliphatic carbocycles. The summed E-state index contributed by atoms with van der Waals surface area (Å²) < 4.78 is 11.0. The summed E-state index contributed by atoms with van der Waals surface area (Å²) in [4.78, 5) is 0. The molecule has 1 heterocycles. The van der Waals surface area contributed by atoms with Gasteiger partial charge in [0.15, 0.2) is 6.29 Å². The average Bonchev–Trinajstić information content (AvgIpc) is 2.80. The predicted octanol–water partition coefficient (Wildman–Crippen LogP) is 2.52. The van der Waals surface area contributed by atoms with Gasteiger partial charge in [-0.3, -0.25) is 0 Å². The molecule has 0 atom stereocenters. The van der Waals surface area contributed by atoms with Crippen LogP contribution in [0.2, 0.25) is 0 Å². The van der Waals surface area contributed by atoms with Gasteiger partial charge < -0.3 is 14.6 Å². The van der Waals surface area contributed by atoms with Gasteiger partial charge in [0.1, 0.15) is 0 Å². The van der Waals surface area contributed by atoms with Crippen LogP contribution in [-0.2, 0) is 21.5 Å². The molecule has 0 radical (unpaired) electrons. The number of rotatable bonds is 2. The molecule has 0 saturated carbocycles. The van der Waals surface area contributed by atoms with Crippen LogP contribution in [0, 0.1) is 0 Å². The Morgan fingerprint density at radius 3 is 2.35 bits per heavy atom. The predicted molar refractivity (Wildman–Crippen MR) is 65.7 cm³/mol. The van der Waals surface area contributed by atoms with Gasteiger partial charge in [-0.05, 0) is 22.6 Å². The fourth-order valence-corrected chi connectivity index (χ4v) is 1.93. The van der Waals surface area contributed by atoms with E-state index in [1.807, 2.05) is 12.1 Å². The summed E-state index contributed by atoms with van der Waals surface area (Å²) in [5.41, 5.74) is 3.15. The van der Waals surface area contributed by atoms with Crippen LogP contribution in [-0.4, -0.2) is 18.3 Å². The van der Waals surface area contributed by atoms with Crippen LogP contribution in [0.3, 0.4) is 0 Å². The van der Waals surface area contributed by atoms with E-state index < -0.39 is 0 Å². The lowest BCUT2D eigenvalue weighted by Gasteiger charge is -2.22. The van der Waals surface area contributed by atoms with E-state index in [2.05, 4.69) is 26.8 Å². The number of aliphatic hydroxyl groups excluding tert-OH is 1. The van der Waals surface area contributed by atoms with Crippen LogP contribution in [0.25, 0.3) is 0 Å². The second-order valence-corrected chi connectivity index (χ2v) is 5.44. The zero-order chi connectivity index (χ0) is 12.5. The van der Waals surface area contributed by atoms with E-state index in [-0.39, 0.29) is 18.3 Å². The van der Waals surface area contributed by atoms with Crippen molar-refractivity contribution in [3.05, 3.63) is 34.9 Å². The SMILES string of the molecule is CC(C)(C)c1cc(CO)cc(C2OCCO2)c1. The van der Waals surface area contributed by atoms with Crippen molar-refractivity contribution in [2.24, 2.45) is 0 Å². The Bertz CT molecular complexity index is 387. The maximum Gasteiger partial charge on any atom is 0.184 e. The van der Waals surface area contributed by atoms with Crippen molar-refractivity contribution < 1.29 is 14.6 Å². The zero-order valence-electron chi connectivity index (χ0n) is 10.7. The fourth-order valence-electron chi connectivity index (χ4n) is 1.93. The summed E-state index contributed by atoms with van der Waals surface area (Å²) in [7, 11) is 0. The monoisotopic (exact) mass is 236 g/mol. The van der Waals surface area contributed by atoms with E-state index in [0.29, 0.717) is 13.2 Å². The zero-order valence-corrected chi connectivity index (χ0v) is 10.7. The first-order valence-electron chi connectivity index (χ1n) is 5.99. The van der Waals surface area contributed by atoms with Crippen LogP contribution < -0.4 is 0 Å². The minimum atomic E-state index is -0.275. The molecule has 17 heavy (non-hydrogen) atoms. The highest BCUT2D eigenvalue weighted by Crippen LogP contribution is 2.30. The molecular formula is C14H20O3. The summed E-state index contributed by atoms with van der Waals surface area (Å²) >= 11 is 0. The van der Waals surface area contributed by atoms with Crippen molar-refractivity contribution in [2.45, 2.75) is 39.1 Å². The van der Waals surface area contributed by atoms with Crippen molar-refractivity contribution in [2.75, 3.05) is 13.2 Å². The summed E-state index contributed by atoms with van der Waals surface area (Å²) in [6.45, 7) is 7.79. The van der Waals surface area contributed by atoms with Gasteiger partial charge in [0, 0.05) is 5.56 Å². The fraction of sp³-hybridized carbons (Fsp3) is 0.571. The van der Waals surface area contributed by atoms with E-state index in [9.17, 15) is 5.11 Å². The molecule has 0 bridgehead atoms. The van der Waals surface area contributed by atoms with Gasteiger partial charge in [0.25, 0.3) is 0 Å². The van der Waals surface area contributed by atoms with E-state index in [4.69, 9.17) is 9.47 Å². The Morgan fingerprint density at radius 2 is 1.82 bits per heavy atom. The highest BCUT2D eigenvalue weighted by Gasteiger charge is 2.22. The Morgan fingerprint density at radius 1 is 1.18 bits per heavy atom. The Balaban J connectivity index is 2.38. The summed E-state index contributed by atoms with van der Waals surface area (Å²) in [5.74, 6) is 0. The second-order valence-electron chi connectivity index (χ2n) is 5.44. The van der Waals surface area contributed by atoms with Crippen LogP contribution in [0.1, 0.15) is 43.8 Å². The first-order chi connectivity index (χ1) is 8.00. The van der Waals surface area contributed by atoms with E-state index in [1.165, 1.54) is 5.56 Å². The average molecular weight is 236 g/mol. The highest BCUT2D eigenvalue weighted by molar-refractivity contribution is 5.34. The molecule has 0 aromatic heterocycles. The van der Waals surface area contributed by atoms with E-state index >= 15 is 0 Å². The topological polar surface area (TPSA) is 38.7 Å². The molecule has 1 aromatic rings. The number of ether oxygens (including phenoxy) is 2. The van der Waals surface area contributed by atoms with Crippen LogP contribution in [0.15, 0.2) is 18.2 Å². The minimum Gasteiger partial charge on any atom is -0.392 e. The molecule has 3 heteroatoms. The second kappa shape index (κ2) is 4.77. The maximum absolute atomic E-state index is 9.31. The van der Waals surface area contributed by atoms with Crippen LogP contribution in [0.5, 0.6) is 0 Å². The molecule has 0 amide bonds. The molecule has 1 fully saturated rings. The summed E-state index contributed by atoms with van der Waals surface area (Å²) in [6.07, 6.45) is -0.275. The molecule has 3 nitrogen and oxygen atoms in total. The number of hydrogen-bond acceptors (Lipinski definition) is 3. The normalized spacial score (nSPS) is 17.6. The molecule has 0 spiro atoms. The van der Waals surface area contributed by atoms with Gasteiger partial charge in [-0.2, -0.15) is 0 Å². The maximum atomic E-state index is 9.31. The third-order valence-corrected chi connectivity index (χ3v) is 2.96. The van der Waals surface area contributed by atoms with Crippen molar-refractivity contribution >= 4 is 0 Å². The Labute approximate surface area is 102 Å². The third-order valence-electron chi connectivity index (χ3n) is 2.96. The van der Waals surface area contributed by atoms with Crippen LogP contribution in [0.4, 0.5) is 0 Å². The van der Waals surface area contributed by atoms with Crippen molar-refractivity contribution in [1.29, 1.82) is 0 Å². The minimum absolute atomic E-state index is 0.0453. The number of aliphatic hydroxyl groups is 1. The molecule has 0 unspecified atom stereocenters. The first-order valence-corrected chi connectivity index (χ1v) is 5.99. The molecule has 1 saturated heterocycles. The third kappa shape index (κ3) is 2.86. The van der Waals surface area contributed by atoms with Gasteiger partial charge in [0.2, 0.25) is 0 Å². The van der Waals surface area contributed by atoms with Crippen molar-refractivity contribution in [1.82, 2.24) is 0 Å². The van der Waals surface area contributed by atoms with E-state index in [1.54, 1.807) is 0 Å². The molecule has 94 valence electrons. The number of hydrogen-bond donors (Lipinski definition) is 1. The van der Waals surface area contributed by atoms with Gasteiger partial charge in [-0.25, -0.2) is 0 Å². The molecule has 2 rings (SSSR count). The standard InChI is InChI=1S/C14H20O3/c1-14(2,3)12-7-10(9-15)6-11(8-12)13-16-4-5-17-13/h6-8,13,15H,4-5,9H2,1-3H3. The Kier molecular flexibility index (Phi) is 3.52. The highest BCUT2D eigenvalue weighted by atomic mass is 16.7. The van der Waals surface area contributed by atoms with Gasteiger partial charge >= 0.3 is 0 Å². The molecular weight excluding hydrogens is 216 g/mol. The van der Waals surface area contributed by atoms with Gasteiger partial charge in [-0.15, -0.1) is 0 Å². The molecule has 1 aliphatic heterocycles. The van der Waals surface area contributed by atoms with E-state index in [0.717, 1.165) is 11.1 Å². The molecule has 1 aliphatic rings. The largest absolute Gasteiger partial charge is 0.392 e. The molecule has 1 N–H and O–H groups in total. The van der Waals surface area contributed by atoms with Gasteiger partial charge in [-0.1, -0.05) is 32.9 Å². The van der Waals surface area contributed by atoms with Gasteiger partial charge in [0.05, 0.1) is 19.8 Å². The molecule has 1 aromatic carbocycles.